The summed E-state index contributed by atoms with van der Waals surface area (Å²) in [7, 11) is 0. The molecule has 6 heteroatoms. The minimum absolute atomic E-state index is 0.0683. The molecule has 1 aromatic heterocycles. The van der Waals surface area contributed by atoms with Crippen molar-refractivity contribution >= 4 is 11.6 Å². The molecule has 0 spiro atoms. The standard InChI is InChI=1S/C14H17N5O/c20-14(11-2-1-7-15-8-11)18-12-3-5-13(6-4-12)19-10-16-9-17-19/h3-6,9-11,15H,1-2,7-8H2,(H,18,20)/t11-/m0/s1. The van der Waals surface area contributed by atoms with Gasteiger partial charge in [-0.15, -0.1) is 0 Å². The smallest absolute Gasteiger partial charge is 0.228 e. The maximum absolute atomic E-state index is 12.1. The molecule has 3 rings (SSSR count). The van der Waals surface area contributed by atoms with E-state index in [0.29, 0.717) is 0 Å². The molecule has 1 aliphatic heterocycles. The molecule has 20 heavy (non-hydrogen) atoms. The van der Waals surface area contributed by atoms with Crippen molar-refractivity contribution in [3.05, 3.63) is 36.9 Å². The molecule has 0 radical (unpaired) electrons. The second kappa shape index (κ2) is 5.83. The van der Waals surface area contributed by atoms with Crippen LogP contribution in [0.25, 0.3) is 5.69 Å². The Hall–Kier alpha value is -2.21. The van der Waals surface area contributed by atoms with Crippen LogP contribution in [0.15, 0.2) is 36.9 Å². The highest BCUT2D eigenvalue weighted by atomic mass is 16.1. The molecule has 0 unspecified atom stereocenters. The number of nitrogens with zero attached hydrogens (tertiary/aromatic N) is 3. The lowest BCUT2D eigenvalue weighted by atomic mass is 9.99. The van der Waals surface area contributed by atoms with E-state index in [2.05, 4.69) is 20.7 Å². The number of aromatic nitrogens is 3. The molecule has 1 amide bonds. The zero-order chi connectivity index (χ0) is 13.8. The van der Waals surface area contributed by atoms with Crippen LogP contribution in [0, 0.1) is 5.92 Å². The summed E-state index contributed by atoms with van der Waals surface area (Å²) in [4.78, 5) is 16.0. The van der Waals surface area contributed by atoms with Crippen LogP contribution in [0.4, 0.5) is 5.69 Å². The molecule has 1 saturated heterocycles. The lowest BCUT2D eigenvalue weighted by molar-refractivity contribution is -0.120. The average molecular weight is 271 g/mol. The Morgan fingerprint density at radius 2 is 2.20 bits per heavy atom. The number of hydrogen-bond donors (Lipinski definition) is 2. The van der Waals surface area contributed by atoms with E-state index in [1.54, 1.807) is 11.0 Å². The Balaban J connectivity index is 1.64. The van der Waals surface area contributed by atoms with Crippen LogP contribution in [0.1, 0.15) is 12.8 Å². The van der Waals surface area contributed by atoms with E-state index >= 15 is 0 Å². The van der Waals surface area contributed by atoms with Gasteiger partial charge in [0.25, 0.3) is 0 Å². The number of nitrogens with one attached hydrogen (secondary N) is 2. The van der Waals surface area contributed by atoms with E-state index in [1.165, 1.54) is 6.33 Å². The first-order valence-electron chi connectivity index (χ1n) is 6.79. The van der Waals surface area contributed by atoms with Crippen molar-refractivity contribution in [3.8, 4) is 5.69 Å². The lowest BCUT2D eigenvalue weighted by Crippen LogP contribution is -2.37. The number of anilines is 1. The number of amides is 1. The second-order valence-electron chi connectivity index (χ2n) is 4.92. The van der Waals surface area contributed by atoms with Gasteiger partial charge in [-0.1, -0.05) is 0 Å². The number of carbonyl (C=O) groups excluding carboxylic acids is 1. The lowest BCUT2D eigenvalue weighted by Gasteiger charge is -2.21. The second-order valence-corrected chi connectivity index (χ2v) is 4.92. The van der Waals surface area contributed by atoms with Crippen molar-refractivity contribution in [1.82, 2.24) is 20.1 Å². The van der Waals surface area contributed by atoms with Crippen molar-refractivity contribution in [2.24, 2.45) is 5.92 Å². The van der Waals surface area contributed by atoms with Gasteiger partial charge in [0.15, 0.2) is 0 Å². The van der Waals surface area contributed by atoms with E-state index in [1.807, 2.05) is 24.3 Å². The van der Waals surface area contributed by atoms with Crippen LogP contribution in [-0.2, 0) is 4.79 Å². The van der Waals surface area contributed by atoms with E-state index in [9.17, 15) is 4.79 Å². The molecule has 1 atom stereocenters. The summed E-state index contributed by atoms with van der Waals surface area (Å²) in [5, 5.41) is 10.3. The number of rotatable bonds is 3. The number of piperidine rings is 1. The molecular weight excluding hydrogens is 254 g/mol. The Bertz CT molecular complexity index is 558. The van der Waals surface area contributed by atoms with Gasteiger partial charge in [0, 0.05) is 12.2 Å². The van der Waals surface area contributed by atoms with Crippen molar-refractivity contribution in [3.63, 3.8) is 0 Å². The molecular formula is C14H17N5O. The molecule has 2 aromatic rings. The van der Waals surface area contributed by atoms with Crippen molar-refractivity contribution in [1.29, 1.82) is 0 Å². The molecule has 1 aliphatic rings. The Morgan fingerprint density at radius 1 is 1.35 bits per heavy atom. The average Bonchev–Trinajstić information content (AvgIpc) is 3.03. The summed E-state index contributed by atoms with van der Waals surface area (Å²) in [6.45, 7) is 1.78. The summed E-state index contributed by atoms with van der Waals surface area (Å²) >= 11 is 0. The molecule has 1 aromatic carbocycles. The van der Waals surface area contributed by atoms with Gasteiger partial charge in [-0.3, -0.25) is 4.79 Å². The fraction of sp³-hybridized carbons (Fsp3) is 0.357. The van der Waals surface area contributed by atoms with E-state index < -0.39 is 0 Å². The first-order valence-corrected chi connectivity index (χ1v) is 6.79. The minimum Gasteiger partial charge on any atom is -0.326 e. The van der Waals surface area contributed by atoms with Crippen molar-refractivity contribution in [2.75, 3.05) is 18.4 Å². The molecule has 0 bridgehead atoms. The van der Waals surface area contributed by atoms with Gasteiger partial charge < -0.3 is 10.6 Å². The highest BCUT2D eigenvalue weighted by molar-refractivity contribution is 5.92. The summed E-state index contributed by atoms with van der Waals surface area (Å²) in [5.41, 5.74) is 1.73. The van der Waals surface area contributed by atoms with Gasteiger partial charge in [-0.2, -0.15) is 5.10 Å². The maximum atomic E-state index is 12.1. The van der Waals surface area contributed by atoms with Gasteiger partial charge in [0.2, 0.25) is 5.91 Å². The predicted molar refractivity (Wildman–Crippen MR) is 75.6 cm³/mol. The number of benzene rings is 1. The molecule has 0 aliphatic carbocycles. The van der Waals surface area contributed by atoms with Crippen LogP contribution in [0.2, 0.25) is 0 Å². The topological polar surface area (TPSA) is 71.8 Å². The summed E-state index contributed by atoms with van der Waals surface area (Å²) in [6, 6.07) is 7.57. The van der Waals surface area contributed by atoms with E-state index in [0.717, 1.165) is 37.3 Å². The predicted octanol–water partition coefficient (Wildman–Crippen LogP) is 1.21. The zero-order valence-electron chi connectivity index (χ0n) is 11.1. The van der Waals surface area contributed by atoms with Crippen LogP contribution in [0.5, 0.6) is 0 Å². The third-order valence-electron chi connectivity index (χ3n) is 3.49. The summed E-state index contributed by atoms with van der Waals surface area (Å²) < 4.78 is 1.68. The maximum Gasteiger partial charge on any atom is 0.228 e. The normalized spacial score (nSPS) is 18.7. The monoisotopic (exact) mass is 271 g/mol. The Kier molecular flexibility index (Phi) is 3.73. The minimum atomic E-state index is 0.0683. The highest BCUT2D eigenvalue weighted by Gasteiger charge is 2.20. The number of carbonyl (C=O) groups is 1. The SMILES string of the molecule is O=C(Nc1ccc(-n2cncn2)cc1)[C@H]1CCCNC1. The quantitative estimate of drug-likeness (QED) is 0.880. The molecule has 2 N–H and O–H groups in total. The molecule has 1 fully saturated rings. The molecule has 0 saturated carbocycles. The fourth-order valence-electron chi connectivity index (χ4n) is 2.36. The summed E-state index contributed by atoms with van der Waals surface area (Å²) in [5.74, 6) is 0.157. The van der Waals surface area contributed by atoms with Crippen LogP contribution in [-0.4, -0.2) is 33.8 Å². The Labute approximate surface area is 117 Å². The fourth-order valence-corrected chi connectivity index (χ4v) is 2.36. The van der Waals surface area contributed by atoms with Gasteiger partial charge >= 0.3 is 0 Å². The first-order chi connectivity index (χ1) is 9.83. The van der Waals surface area contributed by atoms with Gasteiger partial charge in [0.1, 0.15) is 12.7 Å². The number of hydrogen-bond acceptors (Lipinski definition) is 4. The Morgan fingerprint density at radius 3 is 2.85 bits per heavy atom. The highest BCUT2D eigenvalue weighted by Crippen LogP contribution is 2.16. The van der Waals surface area contributed by atoms with E-state index in [4.69, 9.17) is 0 Å². The molecule has 2 heterocycles. The van der Waals surface area contributed by atoms with E-state index in [-0.39, 0.29) is 11.8 Å². The molecule has 6 nitrogen and oxygen atoms in total. The van der Waals surface area contributed by atoms with Crippen molar-refractivity contribution in [2.45, 2.75) is 12.8 Å². The van der Waals surface area contributed by atoms with Gasteiger partial charge in [-0.25, -0.2) is 9.67 Å². The third-order valence-corrected chi connectivity index (χ3v) is 3.49. The van der Waals surface area contributed by atoms with Gasteiger partial charge in [-0.05, 0) is 43.7 Å². The van der Waals surface area contributed by atoms with Crippen LogP contribution >= 0.6 is 0 Å². The summed E-state index contributed by atoms with van der Waals surface area (Å²) in [6.07, 6.45) is 5.15. The third kappa shape index (κ3) is 2.85. The van der Waals surface area contributed by atoms with Crippen LogP contribution < -0.4 is 10.6 Å². The largest absolute Gasteiger partial charge is 0.326 e. The van der Waals surface area contributed by atoms with Gasteiger partial charge in [0.05, 0.1) is 11.6 Å². The van der Waals surface area contributed by atoms with Crippen LogP contribution in [0.3, 0.4) is 0 Å². The first kappa shape index (κ1) is 12.8. The zero-order valence-corrected chi connectivity index (χ0v) is 11.1. The molecule has 104 valence electrons. The van der Waals surface area contributed by atoms with Crippen molar-refractivity contribution < 1.29 is 4.79 Å².